The summed E-state index contributed by atoms with van der Waals surface area (Å²) in [6.45, 7) is 11.1. The zero-order chi connectivity index (χ0) is 31.1. The van der Waals surface area contributed by atoms with E-state index in [2.05, 4.69) is 21.4 Å². The third-order valence-corrected chi connectivity index (χ3v) is 8.05. The first-order valence-corrected chi connectivity index (χ1v) is 14.8. The van der Waals surface area contributed by atoms with Crippen molar-refractivity contribution in [1.29, 1.82) is 0 Å². The summed E-state index contributed by atoms with van der Waals surface area (Å²) < 4.78 is 27.1. The fourth-order valence-corrected chi connectivity index (χ4v) is 5.91. The number of anilines is 1. The number of hydrogen-bond acceptors (Lipinski definition) is 7. The summed E-state index contributed by atoms with van der Waals surface area (Å²) in [5.41, 5.74) is 3.61. The standard InChI is InChI=1S/C32H41FN6O4/c1-8-42-26-15-25(36-17-24(26)33)20(2)39-19-32(9-10-32)27-22(16-34-6)13-21(14-23(27)28(39)40)18-38-12-11-35-29(38)37(7)30(41)43-31(3,4)5/h11-15,17,20,34H,8-10,16,18-19H2,1-7H3. The van der Waals surface area contributed by atoms with Gasteiger partial charge in [-0.25, -0.2) is 14.2 Å². The van der Waals surface area contributed by atoms with Crippen molar-refractivity contribution >= 4 is 17.9 Å². The maximum Gasteiger partial charge on any atom is 0.416 e. The van der Waals surface area contributed by atoms with E-state index in [9.17, 15) is 14.0 Å². The molecule has 0 bridgehead atoms. The van der Waals surface area contributed by atoms with Gasteiger partial charge >= 0.3 is 6.09 Å². The molecule has 1 aliphatic heterocycles. The van der Waals surface area contributed by atoms with E-state index in [4.69, 9.17) is 9.47 Å². The van der Waals surface area contributed by atoms with Crippen molar-refractivity contribution in [2.24, 2.45) is 0 Å². The highest BCUT2D eigenvalue weighted by atomic mass is 19.1. The molecule has 11 heteroatoms. The molecule has 5 rings (SSSR count). The van der Waals surface area contributed by atoms with Gasteiger partial charge in [0.25, 0.3) is 5.91 Å². The number of pyridine rings is 1. The lowest BCUT2D eigenvalue weighted by atomic mass is 9.81. The molecule has 2 aliphatic rings. The molecular formula is C32H41FN6O4. The first kappa shape index (κ1) is 30.5. The van der Waals surface area contributed by atoms with Crippen LogP contribution in [0.15, 0.2) is 36.8 Å². The highest BCUT2D eigenvalue weighted by molar-refractivity contribution is 5.99. The molecule has 2 aromatic heterocycles. The molecule has 1 aromatic carbocycles. The molecule has 0 radical (unpaired) electrons. The molecule has 1 aliphatic carbocycles. The number of ether oxygens (including phenoxy) is 2. The highest BCUT2D eigenvalue weighted by Gasteiger charge is 2.53. The summed E-state index contributed by atoms with van der Waals surface area (Å²) in [4.78, 5) is 39.0. The Morgan fingerprint density at radius 1 is 1.23 bits per heavy atom. The van der Waals surface area contributed by atoms with E-state index in [1.807, 2.05) is 56.5 Å². The molecule has 1 unspecified atom stereocenters. The number of benzene rings is 1. The SMILES string of the molecule is CCOc1cc(C(C)N2CC3(CC3)c3c(CNC)cc(Cn4ccnc4N(C)C(=O)OC(C)(C)C)cc3C2=O)ncc1F. The fraction of sp³-hybridized carbons (Fsp3) is 0.500. The van der Waals surface area contributed by atoms with E-state index in [1.54, 1.807) is 26.2 Å². The Balaban J connectivity index is 1.49. The van der Waals surface area contributed by atoms with Crippen molar-refractivity contribution in [2.45, 2.75) is 77.6 Å². The number of nitrogens with zero attached hydrogens (tertiary/aromatic N) is 5. The van der Waals surface area contributed by atoms with Crippen LogP contribution in [0.1, 0.15) is 86.2 Å². The number of carbonyl (C=O) groups excluding carboxylic acids is 2. The van der Waals surface area contributed by atoms with Crippen LogP contribution in [0.25, 0.3) is 0 Å². The topological polar surface area (TPSA) is 102 Å². The fourth-order valence-electron chi connectivity index (χ4n) is 5.91. The molecule has 0 saturated heterocycles. The van der Waals surface area contributed by atoms with Crippen molar-refractivity contribution in [2.75, 3.05) is 32.1 Å². The van der Waals surface area contributed by atoms with E-state index < -0.39 is 17.5 Å². The Morgan fingerprint density at radius 2 is 1.98 bits per heavy atom. The predicted molar refractivity (Wildman–Crippen MR) is 161 cm³/mol. The van der Waals surface area contributed by atoms with Gasteiger partial charge in [-0.3, -0.25) is 14.7 Å². The van der Waals surface area contributed by atoms with Crippen molar-refractivity contribution in [3.05, 3.63) is 70.6 Å². The third-order valence-electron chi connectivity index (χ3n) is 8.05. The number of carbonyl (C=O) groups is 2. The molecule has 230 valence electrons. The van der Waals surface area contributed by atoms with Crippen LogP contribution < -0.4 is 15.0 Å². The molecule has 1 spiro atoms. The number of halogens is 1. The molecule has 1 fully saturated rings. The number of aromatic nitrogens is 3. The predicted octanol–water partition coefficient (Wildman–Crippen LogP) is 5.20. The van der Waals surface area contributed by atoms with Crippen LogP contribution in [0, 0.1) is 5.82 Å². The number of nitrogens with one attached hydrogen (secondary N) is 1. The van der Waals surface area contributed by atoms with Crippen molar-refractivity contribution in [3.63, 3.8) is 0 Å². The minimum Gasteiger partial charge on any atom is -0.491 e. The van der Waals surface area contributed by atoms with Gasteiger partial charge in [-0.05, 0) is 77.3 Å². The molecule has 10 nitrogen and oxygen atoms in total. The average Bonchev–Trinajstić information content (AvgIpc) is 3.57. The summed E-state index contributed by atoms with van der Waals surface area (Å²) in [7, 11) is 3.53. The van der Waals surface area contributed by atoms with E-state index >= 15 is 0 Å². The van der Waals surface area contributed by atoms with Gasteiger partial charge in [0.15, 0.2) is 11.6 Å². The molecule has 3 aromatic rings. The van der Waals surface area contributed by atoms with E-state index in [0.717, 1.165) is 35.7 Å². The number of rotatable bonds is 9. The second kappa shape index (κ2) is 11.6. The summed E-state index contributed by atoms with van der Waals surface area (Å²) in [6.07, 6.45) is 6.08. The number of hydrogen-bond donors (Lipinski definition) is 1. The quantitative estimate of drug-likeness (QED) is 0.364. The first-order chi connectivity index (χ1) is 20.4. The van der Waals surface area contributed by atoms with Gasteiger partial charge in [-0.2, -0.15) is 0 Å². The Labute approximate surface area is 252 Å². The lowest BCUT2D eigenvalue weighted by molar-refractivity contribution is 0.0585. The van der Waals surface area contributed by atoms with Crippen LogP contribution in [-0.2, 0) is 23.2 Å². The van der Waals surface area contributed by atoms with Gasteiger partial charge in [-0.1, -0.05) is 6.07 Å². The first-order valence-electron chi connectivity index (χ1n) is 14.8. The van der Waals surface area contributed by atoms with Crippen molar-refractivity contribution < 1.29 is 23.5 Å². The van der Waals surface area contributed by atoms with Gasteiger partial charge in [-0.15, -0.1) is 0 Å². The zero-order valence-electron chi connectivity index (χ0n) is 26.0. The van der Waals surface area contributed by atoms with E-state index in [-0.39, 0.29) is 23.1 Å². The Bertz CT molecular complexity index is 1530. The maximum absolute atomic E-state index is 14.3. The Hall–Kier alpha value is -3.99. The maximum atomic E-state index is 14.3. The van der Waals surface area contributed by atoms with Crippen molar-refractivity contribution in [1.82, 2.24) is 24.8 Å². The summed E-state index contributed by atoms with van der Waals surface area (Å²) in [6, 6.07) is 5.33. The van der Waals surface area contributed by atoms with Crippen LogP contribution in [-0.4, -0.2) is 64.3 Å². The largest absolute Gasteiger partial charge is 0.491 e. The van der Waals surface area contributed by atoms with Gasteiger partial charge in [0.2, 0.25) is 5.95 Å². The summed E-state index contributed by atoms with van der Waals surface area (Å²) >= 11 is 0. The van der Waals surface area contributed by atoms with Gasteiger partial charge in [0.05, 0.1) is 31.1 Å². The minimum absolute atomic E-state index is 0.0833. The molecule has 43 heavy (non-hydrogen) atoms. The Kier molecular flexibility index (Phi) is 8.22. The van der Waals surface area contributed by atoms with E-state index in [0.29, 0.717) is 43.4 Å². The van der Waals surface area contributed by atoms with Gasteiger partial charge in [0.1, 0.15) is 5.60 Å². The molecule has 1 N–H and O–H groups in total. The van der Waals surface area contributed by atoms with Crippen LogP contribution in [0.4, 0.5) is 15.1 Å². The Morgan fingerprint density at radius 3 is 2.63 bits per heavy atom. The molecule has 1 saturated carbocycles. The van der Waals surface area contributed by atoms with Crippen LogP contribution >= 0.6 is 0 Å². The highest BCUT2D eigenvalue weighted by Crippen LogP contribution is 2.55. The lowest BCUT2D eigenvalue weighted by Gasteiger charge is -2.39. The minimum atomic E-state index is -0.639. The number of amides is 2. The molecular weight excluding hydrogens is 551 g/mol. The summed E-state index contributed by atoms with van der Waals surface area (Å²) in [5, 5.41) is 3.28. The smallest absolute Gasteiger partial charge is 0.416 e. The molecule has 3 heterocycles. The summed E-state index contributed by atoms with van der Waals surface area (Å²) in [5.74, 6) is -0.0318. The number of fused-ring (bicyclic) bond motifs is 2. The van der Waals surface area contributed by atoms with Crippen LogP contribution in [0.5, 0.6) is 5.75 Å². The van der Waals surface area contributed by atoms with Gasteiger partial charge in [0, 0.05) is 49.6 Å². The monoisotopic (exact) mass is 592 g/mol. The second-order valence-electron chi connectivity index (χ2n) is 12.5. The normalized spacial score (nSPS) is 16.2. The van der Waals surface area contributed by atoms with Crippen LogP contribution in [0.3, 0.4) is 0 Å². The zero-order valence-corrected chi connectivity index (χ0v) is 26.0. The van der Waals surface area contributed by atoms with E-state index in [1.165, 1.54) is 4.90 Å². The second-order valence-corrected chi connectivity index (χ2v) is 12.5. The molecule has 1 atom stereocenters. The van der Waals surface area contributed by atoms with Crippen LogP contribution in [0.2, 0.25) is 0 Å². The number of imidazole rings is 1. The lowest BCUT2D eigenvalue weighted by Crippen LogP contribution is -2.45. The van der Waals surface area contributed by atoms with Crippen molar-refractivity contribution in [3.8, 4) is 5.75 Å². The average molecular weight is 593 g/mol. The third kappa shape index (κ3) is 6.08. The van der Waals surface area contributed by atoms with Gasteiger partial charge < -0.3 is 24.3 Å². The molecule has 2 amide bonds.